The summed E-state index contributed by atoms with van der Waals surface area (Å²) in [4.78, 5) is 10.6. The summed E-state index contributed by atoms with van der Waals surface area (Å²) in [7, 11) is 0. The minimum absolute atomic E-state index is 0.213. The van der Waals surface area contributed by atoms with Gasteiger partial charge in [-0.05, 0) is 50.5 Å². The van der Waals surface area contributed by atoms with E-state index in [2.05, 4.69) is 5.32 Å². The predicted molar refractivity (Wildman–Crippen MR) is 70.7 cm³/mol. The van der Waals surface area contributed by atoms with E-state index in [1.54, 1.807) is 12.1 Å². The number of nitro groups is 1. The molecule has 0 radical (unpaired) electrons. The quantitative estimate of drug-likeness (QED) is 0.639. The van der Waals surface area contributed by atoms with Crippen LogP contribution in [0.15, 0.2) is 18.2 Å². The maximum atomic E-state index is 10.9. The molecule has 0 amide bonds. The van der Waals surface area contributed by atoms with Crippen molar-refractivity contribution < 1.29 is 4.92 Å². The summed E-state index contributed by atoms with van der Waals surface area (Å²) in [5.41, 5.74) is 1.91. The third-order valence-electron chi connectivity index (χ3n) is 4.08. The number of hydrogen-bond acceptors (Lipinski definition) is 3. The van der Waals surface area contributed by atoms with Crippen molar-refractivity contribution in [3.05, 3.63) is 33.9 Å². The highest BCUT2D eigenvalue weighted by Crippen LogP contribution is 2.46. The molecule has 2 fully saturated rings. The van der Waals surface area contributed by atoms with Crippen molar-refractivity contribution in [3.8, 4) is 0 Å². The Balaban J connectivity index is 1.82. The highest BCUT2D eigenvalue weighted by atomic mass is 16.6. The van der Waals surface area contributed by atoms with Crippen molar-refractivity contribution >= 4 is 11.4 Å². The van der Waals surface area contributed by atoms with Crippen molar-refractivity contribution in [1.29, 1.82) is 0 Å². The van der Waals surface area contributed by atoms with E-state index in [0.29, 0.717) is 6.04 Å². The van der Waals surface area contributed by atoms with Gasteiger partial charge in [0.1, 0.15) is 0 Å². The predicted octanol–water partition coefficient (Wildman–Crippen LogP) is 3.50. The highest BCUT2D eigenvalue weighted by Gasteiger charge is 2.41. The zero-order valence-corrected chi connectivity index (χ0v) is 10.6. The summed E-state index contributed by atoms with van der Waals surface area (Å²) in [6, 6.07) is 5.83. The molecule has 0 bridgehead atoms. The third-order valence-corrected chi connectivity index (χ3v) is 4.08. The fourth-order valence-corrected chi connectivity index (χ4v) is 2.69. The number of anilines is 1. The molecule has 2 saturated carbocycles. The van der Waals surface area contributed by atoms with Crippen LogP contribution in [0.25, 0.3) is 0 Å². The zero-order chi connectivity index (χ0) is 12.7. The van der Waals surface area contributed by atoms with Crippen LogP contribution < -0.4 is 5.32 Å². The Labute approximate surface area is 107 Å². The molecule has 0 aromatic heterocycles. The minimum Gasteiger partial charge on any atom is -0.381 e. The van der Waals surface area contributed by atoms with Gasteiger partial charge < -0.3 is 5.32 Å². The lowest BCUT2D eigenvalue weighted by Crippen LogP contribution is -2.24. The Morgan fingerprint density at radius 1 is 1.28 bits per heavy atom. The molecule has 1 aromatic carbocycles. The molecule has 0 saturated heterocycles. The Kier molecular flexibility index (Phi) is 2.73. The molecule has 0 aliphatic heterocycles. The molecule has 18 heavy (non-hydrogen) atoms. The van der Waals surface area contributed by atoms with Crippen LogP contribution in [0.5, 0.6) is 0 Å². The molecule has 0 unspecified atom stereocenters. The Morgan fingerprint density at radius 3 is 2.39 bits per heavy atom. The first-order chi connectivity index (χ1) is 8.66. The van der Waals surface area contributed by atoms with Gasteiger partial charge in [0.05, 0.1) is 4.92 Å². The summed E-state index contributed by atoms with van der Waals surface area (Å²) in [6.07, 6.45) is 5.23. The SMILES string of the molecule is Cc1c(NC(C2CC2)C2CC2)cccc1[N+](=O)[O-]. The van der Waals surface area contributed by atoms with Crippen LogP contribution >= 0.6 is 0 Å². The van der Waals surface area contributed by atoms with Crippen LogP contribution in [0.4, 0.5) is 11.4 Å². The van der Waals surface area contributed by atoms with Crippen LogP contribution in [-0.2, 0) is 0 Å². The van der Waals surface area contributed by atoms with E-state index < -0.39 is 0 Å². The van der Waals surface area contributed by atoms with Gasteiger partial charge in [-0.3, -0.25) is 10.1 Å². The van der Waals surface area contributed by atoms with Gasteiger partial charge in [0.2, 0.25) is 0 Å². The van der Waals surface area contributed by atoms with Crippen molar-refractivity contribution in [2.45, 2.75) is 38.6 Å². The van der Waals surface area contributed by atoms with Gasteiger partial charge >= 0.3 is 0 Å². The first kappa shape index (κ1) is 11.5. The van der Waals surface area contributed by atoms with Crippen molar-refractivity contribution in [2.75, 3.05) is 5.32 Å². The lowest BCUT2D eigenvalue weighted by atomic mass is 10.1. The topological polar surface area (TPSA) is 55.2 Å². The second-order valence-electron chi connectivity index (χ2n) is 5.55. The lowest BCUT2D eigenvalue weighted by Gasteiger charge is -2.20. The molecule has 4 heteroatoms. The first-order valence-electron chi connectivity index (χ1n) is 6.67. The standard InChI is InChI=1S/C14H18N2O2/c1-9-12(3-2-4-13(9)16(17)18)15-14(10-5-6-10)11-7-8-11/h2-4,10-11,14-15H,5-8H2,1H3. The average Bonchev–Trinajstić information content (AvgIpc) is 3.20. The smallest absolute Gasteiger partial charge is 0.274 e. The minimum atomic E-state index is -0.302. The van der Waals surface area contributed by atoms with Crippen LogP contribution in [0.1, 0.15) is 31.2 Å². The van der Waals surface area contributed by atoms with Gasteiger partial charge in [-0.15, -0.1) is 0 Å². The largest absolute Gasteiger partial charge is 0.381 e. The van der Waals surface area contributed by atoms with E-state index in [0.717, 1.165) is 23.1 Å². The Morgan fingerprint density at radius 2 is 1.89 bits per heavy atom. The van der Waals surface area contributed by atoms with E-state index in [4.69, 9.17) is 0 Å². The second kappa shape index (κ2) is 4.26. The number of rotatable bonds is 5. The molecule has 2 aliphatic rings. The van der Waals surface area contributed by atoms with Gasteiger partial charge in [-0.25, -0.2) is 0 Å². The first-order valence-corrected chi connectivity index (χ1v) is 6.67. The van der Waals surface area contributed by atoms with E-state index >= 15 is 0 Å². The third kappa shape index (κ3) is 2.19. The van der Waals surface area contributed by atoms with Crippen LogP contribution in [0, 0.1) is 28.9 Å². The number of nitro benzene ring substituents is 1. The fourth-order valence-electron chi connectivity index (χ4n) is 2.69. The maximum absolute atomic E-state index is 10.9. The summed E-state index contributed by atoms with van der Waals surface area (Å²) >= 11 is 0. The van der Waals surface area contributed by atoms with Crippen molar-refractivity contribution in [1.82, 2.24) is 0 Å². The van der Waals surface area contributed by atoms with E-state index in [9.17, 15) is 10.1 Å². The van der Waals surface area contributed by atoms with E-state index in [1.807, 2.05) is 13.0 Å². The van der Waals surface area contributed by atoms with Gasteiger partial charge in [-0.2, -0.15) is 0 Å². The van der Waals surface area contributed by atoms with Gasteiger partial charge in [-0.1, -0.05) is 6.07 Å². The number of hydrogen-bond donors (Lipinski definition) is 1. The van der Waals surface area contributed by atoms with E-state index in [1.165, 1.54) is 25.7 Å². The van der Waals surface area contributed by atoms with Crippen molar-refractivity contribution in [2.24, 2.45) is 11.8 Å². The Hall–Kier alpha value is -1.58. The summed E-state index contributed by atoms with van der Waals surface area (Å²) in [5.74, 6) is 1.58. The highest BCUT2D eigenvalue weighted by molar-refractivity contribution is 5.60. The normalized spacial score (nSPS) is 19.0. The van der Waals surface area contributed by atoms with Gasteiger partial charge in [0.25, 0.3) is 5.69 Å². The van der Waals surface area contributed by atoms with Gasteiger partial charge in [0, 0.05) is 23.4 Å². The molecule has 3 rings (SSSR count). The molecule has 96 valence electrons. The zero-order valence-electron chi connectivity index (χ0n) is 10.6. The van der Waals surface area contributed by atoms with Crippen LogP contribution in [-0.4, -0.2) is 11.0 Å². The number of nitrogens with zero attached hydrogens (tertiary/aromatic N) is 1. The lowest BCUT2D eigenvalue weighted by molar-refractivity contribution is -0.385. The van der Waals surface area contributed by atoms with Crippen LogP contribution in [0.3, 0.4) is 0 Å². The monoisotopic (exact) mass is 246 g/mol. The van der Waals surface area contributed by atoms with E-state index in [-0.39, 0.29) is 10.6 Å². The molecule has 0 heterocycles. The Bertz CT molecular complexity index is 467. The molecule has 0 spiro atoms. The van der Waals surface area contributed by atoms with Gasteiger partial charge in [0.15, 0.2) is 0 Å². The molecule has 0 atom stereocenters. The molecular formula is C14H18N2O2. The average molecular weight is 246 g/mol. The van der Waals surface area contributed by atoms with Crippen LogP contribution in [0.2, 0.25) is 0 Å². The number of benzene rings is 1. The summed E-state index contributed by atoms with van der Waals surface area (Å²) < 4.78 is 0. The summed E-state index contributed by atoms with van der Waals surface area (Å²) in [5, 5.41) is 14.5. The molecule has 2 aliphatic carbocycles. The summed E-state index contributed by atoms with van der Waals surface area (Å²) in [6.45, 7) is 1.83. The molecule has 4 nitrogen and oxygen atoms in total. The maximum Gasteiger partial charge on any atom is 0.274 e. The molecule has 1 aromatic rings. The second-order valence-corrected chi connectivity index (χ2v) is 5.55. The fraction of sp³-hybridized carbons (Fsp3) is 0.571. The molecule has 1 N–H and O–H groups in total. The van der Waals surface area contributed by atoms with Crippen molar-refractivity contribution in [3.63, 3.8) is 0 Å². The molecular weight excluding hydrogens is 228 g/mol. The number of nitrogens with one attached hydrogen (secondary N) is 1.